The lowest BCUT2D eigenvalue weighted by molar-refractivity contribution is 0.175. The van der Waals surface area contributed by atoms with E-state index in [1.807, 2.05) is 59.3 Å². The van der Waals surface area contributed by atoms with Crippen LogP contribution in [0.3, 0.4) is 0 Å². The summed E-state index contributed by atoms with van der Waals surface area (Å²) in [6.45, 7) is 2.31. The SMILES string of the molecule is CC(O)Cn1ccc2ncc(N=C(c3ccccc3)c3ccccc3)cc21. The van der Waals surface area contributed by atoms with Gasteiger partial charge in [-0.3, -0.25) is 4.98 Å². The zero-order valence-electron chi connectivity index (χ0n) is 15.2. The van der Waals surface area contributed by atoms with Crippen LogP contribution in [-0.4, -0.2) is 26.5 Å². The van der Waals surface area contributed by atoms with Crippen molar-refractivity contribution in [1.29, 1.82) is 0 Å². The molecule has 0 saturated heterocycles. The van der Waals surface area contributed by atoms with Gasteiger partial charge in [0.15, 0.2) is 0 Å². The van der Waals surface area contributed by atoms with Crippen molar-refractivity contribution in [3.8, 4) is 0 Å². The van der Waals surface area contributed by atoms with E-state index in [0.717, 1.165) is 33.6 Å². The monoisotopic (exact) mass is 355 g/mol. The number of nitrogens with zero attached hydrogens (tertiary/aromatic N) is 3. The molecule has 4 rings (SSSR count). The van der Waals surface area contributed by atoms with Gasteiger partial charge in [0.25, 0.3) is 0 Å². The first-order chi connectivity index (χ1) is 13.2. The largest absolute Gasteiger partial charge is 0.392 e. The van der Waals surface area contributed by atoms with Gasteiger partial charge in [0.2, 0.25) is 0 Å². The summed E-state index contributed by atoms with van der Waals surface area (Å²) < 4.78 is 2.01. The summed E-state index contributed by atoms with van der Waals surface area (Å²) in [5, 5.41) is 9.73. The Morgan fingerprint density at radius 1 is 1.00 bits per heavy atom. The number of aliphatic hydroxyl groups excluding tert-OH is 1. The molecule has 0 bridgehead atoms. The van der Waals surface area contributed by atoms with Crippen LogP contribution in [-0.2, 0) is 6.54 Å². The molecule has 4 heteroatoms. The third-order valence-corrected chi connectivity index (χ3v) is 4.40. The van der Waals surface area contributed by atoms with E-state index in [-0.39, 0.29) is 0 Å². The van der Waals surface area contributed by atoms with E-state index in [1.54, 1.807) is 13.1 Å². The van der Waals surface area contributed by atoms with E-state index in [1.165, 1.54) is 0 Å². The maximum Gasteiger partial charge on any atom is 0.0882 e. The van der Waals surface area contributed by atoms with Gasteiger partial charge < -0.3 is 9.67 Å². The molecule has 1 atom stereocenters. The molecule has 2 aromatic heterocycles. The van der Waals surface area contributed by atoms with Crippen molar-refractivity contribution in [2.45, 2.75) is 19.6 Å². The van der Waals surface area contributed by atoms with E-state index >= 15 is 0 Å². The minimum absolute atomic E-state index is 0.419. The fourth-order valence-corrected chi connectivity index (χ4v) is 3.17. The molecule has 0 spiro atoms. The van der Waals surface area contributed by atoms with E-state index in [0.29, 0.717) is 6.54 Å². The highest BCUT2D eigenvalue weighted by atomic mass is 16.3. The summed E-state index contributed by atoms with van der Waals surface area (Å²) in [5.74, 6) is 0. The van der Waals surface area contributed by atoms with Crippen LogP contribution in [0.25, 0.3) is 11.0 Å². The maximum absolute atomic E-state index is 9.73. The van der Waals surface area contributed by atoms with Crippen molar-refractivity contribution in [1.82, 2.24) is 9.55 Å². The zero-order chi connectivity index (χ0) is 18.6. The first-order valence-electron chi connectivity index (χ1n) is 9.03. The van der Waals surface area contributed by atoms with Crippen LogP contribution in [0.1, 0.15) is 18.1 Å². The van der Waals surface area contributed by atoms with Gasteiger partial charge in [0.1, 0.15) is 0 Å². The average molecular weight is 355 g/mol. The molecule has 2 aromatic carbocycles. The Hall–Kier alpha value is -3.24. The van der Waals surface area contributed by atoms with E-state index < -0.39 is 6.10 Å². The summed E-state index contributed by atoms with van der Waals surface area (Å²) in [5.41, 5.74) is 5.68. The first kappa shape index (κ1) is 17.2. The molecule has 0 fully saturated rings. The van der Waals surface area contributed by atoms with Crippen LogP contribution in [0.2, 0.25) is 0 Å². The Morgan fingerprint density at radius 3 is 2.22 bits per heavy atom. The molecule has 0 aliphatic carbocycles. The zero-order valence-corrected chi connectivity index (χ0v) is 15.2. The number of aliphatic imine (C=N–C) groups is 1. The predicted octanol–water partition coefficient (Wildman–Crippen LogP) is 4.59. The molecule has 0 aliphatic rings. The number of pyridine rings is 1. The summed E-state index contributed by atoms with van der Waals surface area (Å²) in [6, 6.07) is 24.3. The number of benzene rings is 2. The fraction of sp³-hybridized carbons (Fsp3) is 0.130. The van der Waals surface area contributed by atoms with Gasteiger partial charge in [-0.25, -0.2) is 4.99 Å². The Bertz CT molecular complexity index is 1030. The highest BCUT2D eigenvalue weighted by molar-refractivity contribution is 6.14. The second kappa shape index (κ2) is 7.56. The van der Waals surface area contributed by atoms with Crippen LogP contribution in [0, 0.1) is 0 Å². The lowest BCUT2D eigenvalue weighted by Gasteiger charge is -2.09. The highest BCUT2D eigenvalue weighted by Crippen LogP contribution is 2.23. The summed E-state index contributed by atoms with van der Waals surface area (Å²) in [7, 11) is 0. The Labute approximate surface area is 158 Å². The van der Waals surface area contributed by atoms with Crippen LogP contribution >= 0.6 is 0 Å². The van der Waals surface area contributed by atoms with Crippen LogP contribution in [0.4, 0.5) is 5.69 Å². The lowest BCUT2D eigenvalue weighted by atomic mass is 10.0. The van der Waals surface area contributed by atoms with Gasteiger partial charge in [-0.1, -0.05) is 60.7 Å². The quantitative estimate of drug-likeness (QED) is 0.533. The number of fused-ring (bicyclic) bond motifs is 1. The predicted molar refractivity (Wildman–Crippen MR) is 110 cm³/mol. The standard InChI is InChI=1S/C23H21N3O/c1-17(27)16-26-13-12-21-22(26)14-20(15-24-21)25-23(18-8-4-2-5-9-18)19-10-6-3-7-11-19/h2-15,17,27H,16H2,1H3. The van der Waals surface area contributed by atoms with Gasteiger partial charge in [0, 0.05) is 23.9 Å². The second-order valence-electron chi connectivity index (χ2n) is 6.61. The minimum atomic E-state index is -0.419. The Balaban J connectivity index is 1.83. The molecule has 2 heterocycles. The minimum Gasteiger partial charge on any atom is -0.392 e. The molecule has 4 aromatic rings. The Kier molecular flexibility index (Phi) is 4.81. The van der Waals surface area contributed by atoms with Crippen LogP contribution in [0.15, 0.2) is 90.2 Å². The van der Waals surface area contributed by atoms with E-state index in [4.69, 9.17) is 4.99 Å². The molecule has 134 valence electrons. The highest BCUT2D eigenvalue weighted by Gasteiger charge is 2.09. The normalized spacial score (nSPS) is 12.1. The van der Waals surface area contributed by atoms with Crippen molar-refractivity contribution < 1.29 is 5.11 Å². The van der Waals surface area contributed by atoms with Crippen LogP contribution in [0.5, 0.6) is 0 Å². The van der Waals surface area contributed by atoms with Crippen molar-refractivity contribution in [2.24, 2.45) is 4.99 Å². The second-order valence-corrected chi connectivity index (χ2v) is 6.61. The van der Waals surface area contributed by atoms with Gasteiger partial charge >= 0.3 is 0 Å². The maximum atomic E-state index is 9.73. The molecule has 1 unspecified atom stereocenters. The topological polar surface area (TPSA) is 50.4 Å². The molecular weight excluding hydrogens is 334 g/mol. The molecule has 1 N–H and O–H groups in total. The molecule has 27 heavy (non-hydrogen) atoms. The number of aromatic nitrogens is 2. The third-order valence-electron chi connectivity index (χ3n) is 4.40. The van der Waals surface area contributed by atoms with Crippen molar-refractivity contribution in [3.05, 3.63) is 96.3 Å². The molecule has 0 saturated carbocycles. The number of hydrogen-bond acceptors (Lipinski definition) is 3. The summed E-state index contributed by atoms with van der Waals surface area (Å²) in [6.07, 6.45) is 3.32. The molecule has 0 radical (unpaired) electrons. The summed E-state index contributed by atoms with van der Waals surface area (Å²) in [4.78, 5) is 9.47. The summed E-state index contributed by atoms with van der Waals surface area (Å²) >= 11 is 0. The van der Waals surface area contributed by atoms with E-state index in [2.05, 4.69) is 29.2 Å². The van der Waals surface area contributed by atoms with Gasteiger partial charge in [-0.2, -0.15) is 0 Å². The lowest BCUT2D eigenvalue weighted by Crippen LogP contribution is -2.10. The molecule has 0 aliphatic heterocycles. The smallest absolute Gasteiger partial charge is 0.0882 e. The molecular formula is C23H21N3O. The van der Waals surface area contributed by atoms with E-state index in [9.17, 15) is 5.11 Å². The number of aliphatic hydroxyl groups is 1. The number of hydrogen-bond donors (Lipinski definition) is 1. The van der Waals surface area contributed by atoms with Crippen molar-refractivity contribution in [2.75, 3.05) is 0 Å². The van der Waals surface area contributed by atoms with Crippen LogP contribution < -0.4 is 0 Å². The molecule has 0 amide bonds. The van der Waals surface area contributed by atoms with Gasteiger partial charge in [0.05, 0.1) is 34.7 Å². The Morgan fingerprint density at radius 2 is 1.63 bits per heavy atom. The molecule has 4 nitrogen and oxygen atoms in total. The third kappa shape index (κ3) is 3.81. The van der Waals surface area contributed by atoms with Crippen molar-refractivity contribution >= 4 is 22.4 Å². The van der Waals surface area contributed by atoms with Gasteiger partial charge in [-0.15, -0.1) is 0 Å². The first-order valence-corrected chi connectivity index (χ1v) is 9.03. The number of rotatable bonds is 5. The fourth-order valence-electron chi connectivity index (χ4n) is 3.17. The average Bonchev–Trinajstić information content (AvgIpc) is 3.09. The van der Waals surface area contributed by atoms with Crippen molar-refractivity contribution in [3.63, 3.8) is 0 Å². The van der Waals surface area contributed by atoms with Gasteiger partial charge in [-0.05, 0) is 19.1 Å².